The lowest BCUT2D eigenvalue weighted by Crippen LogP contribution is -2.48. The number of benzene rings is 1. The van der Waals surface area contributed by atoms with E-state index < -0.39 is 17.9 Å². The maximum Gasteiger partial charge on any atom is 0.236 e. The standard InChI is InChI=1S/C20H20N2O4/c1-4-9-21-19(24)16-15-7-5-12-10-13(26-3)6-8-14(12)22(15)18(11(2)23)17(16)20(21)25/h4-8,10,15-18H,1,9H2,2-3H3/t15-,16-,17-,18-/m1/s1. The molecule has 1 aromatic carbocycles. The van der Waals surface area contributed by atoms with Crippen molar-refractivity contribution in [3.8, 4) is 5.75 Å². The highest BCUT2D eigenvalue weighted by molar-refractivity contribution is 6.11. The van der Waals surface area contributed by atoms with E-state index in [0.717, 1.165) is 17.0 Å². The van der Waals surface area contributed by atoms with E-state index in [2.05, 4.69) is 6.58 Å². The van der Waals surface area contributed by atoms with Crippen molar-refractivity contribution in [3.63, 3.8) is 0 Å². The SMILES string of the molecule is C=CCN1C(=O)[C@@H]2[C@H](C1=O)[C@H]1C=Cc3cc(OC)ccc3N1[C@@H]2C(C)=O. The van der Waals surface area contributed by atoms with Crippen molar-refractivity contribution in [3.05, 3.63) is 42.5 Å². The van der Waals surface area contributed by atoms with Crippen molar-refractivity contribution < 1.29 is 19.1 Å². The molecule has 0 spiro atoms. The van der Waals surface area contributed by atoms with E-state index in [1.165, 1.54) is 17.9 Å². The molecule has 4 rings (SSSR count). The third-order valence-electron chi connectivity index (χ3n) is 5.53. The molecule has 3 aliphatic heterocycles. The molecule has 2 saturated heterocycles. The van der Waals surface area contributed by atoms with Crippen LogP contribution >= 0.6 is 0 Å². The minimum absolute atomic E-state index is 0.110. The summed E-state index contributed by atoms with van der Waals surface area (Å²) in [6, 6.07) is 4.65. The van der Waals surface area contributed by atoms with Crippen LogP contribution in [0.4, 0.5) is 5.69 Å². The van der Waals surface area contributed by atoms with Crippen molar-refractivity contribution in [1.82, 2.24) is 4.90 Å². The molecule has 0 aliphatic carbocycles. The molecule has 0 unspecified atom stereocenters. The quantitative estimate of drug-likeness (QED) is 0.609. The van der Waals surface area contributed by atoms with Gasteiger partial charge in [-0.1, -0.05) is 18.2 Å². The number of amides is 2. The summed E-state index contributed by atoms with van der Waals surface area (Å²) in [5.41, 5.74) is 1.76. The summed E-state index contributed by atoms with van der Waals surface area (Å²) in [6.45, 7) is 5.29. The molecule has 6 nitrogen and oxygen atoms in total. The van der Waals surface area contributed by atoms with Gasteiger partial charge in [0.15, 0.2) is 5.78 Å². The summed E-state index contributed by atoms with van der Waals surface area (Å²) in [6.07, 6.45) is 5.40. The lowest BCUT2D eigenvalue weighted by Gasteiger charge is -2.36. The lowest BCUT2D eigenvalue weighted by molar-refractivity contribution is -0.140. The van der Waals surface area contributed by atoms with Crippen LogP contribution in [0, 0.1) is 11.8 Å². The van der Waals surface area contributed by atoms with E-state index in [0.29, 0.717) is 0 Å². The van der Waals surface area contributed by atoms with Crippen molar-refractivity contribution in [2.75, 3.05) is 18.6 Å². The molecule has 0 N–H and O–H groups in total. The predicted octanol–water partition coefficient (Wildman–Crippen LogP) is 1.66. The number of carbonyl (C=O) groups is 3. The summed E-state index contributed by atoms with van der Waals surface area (Å²) in [4.78, 5) is 41.4. The Balaban J connectivity index is 1.83. The zero-order chi connectivity index (χ0) is 18.6. The van der Waals surface area contributed by atoms with Crippen LogP contribution in [0.1, 0.15) is 12.5 Å². The highest BCUT2D eigenvalue weighted by atomic mass is 16.5. The first-order valence-electron chi connectivity index (χ1n) is 8.60. The Labute approximate surface area is 151 Å². The fraction of sp³-hybridized carbons (Fsp3) is 0.350. The third-order valence-corrected chi connectivity index (χ3v) is 5.53. The minimum Gasteiger partial charge on any atom is -0.497 e. The average molecular weight is 352 g/mol. The van der Waals surface area contributed by atoms with Crippen molar-refractivity contribution >= 4 is 29.4 Å². The van der Waals surface area contributed by atoms with Crippen molar-refractivity contribution in [1.29, 1.82) is 0 Å². The van der Waals surface area contributed by atoms with Gasteiger partial charge in [0.25, 0.3) is 0 Å². The second-order valence-corrected chi connectivity index (χ2v) is 6.86. The first-order chi connectivity index (χ1) is 12.5. The number of hydrogen-bond donors (Lipinski definition) is 0. The van der Waals surface area contributed by atoms with Gasteiger partial charge in [-0.25, -0.2) is 0 Å². The Morgan fingerprint density at radius 3 is 2.65 bits per heavy atom. The van der Waals surface area contributed by atoms with Gasteiger partial charge in [0.2, 0.25) is 11.8 Å². The fourth-order valence-electron chi connectivity index (χ4n) is 4.51. The third kappa shape index (κ3) is 2.08. The molecule has 0 radical (unpaired) electrons. The Kier molecular flexibility index (Phi) is 3.72. The topological polar surface area (TPSA) is 66.9 Å². The second kappa shape index (κ2) is 5.83. The van der Waals surface area contributed by atoms with Crippen LogP contribution < -0.4 is 9.64 Å². The maximum atomic E-state index is 12.9. The summed E-state index contributed by atoms with van der Waals surface area (Å²) in [5, 5.41) is 0. The van der Waals surface area contributed by atoms with Gasteiger partial charge in [0.1, 0.15) is 11.8 Å². The van der Waals surface area contributed by atoms with Gasteiger partial charge in [0, 0.05) is 17.8 Å². The van der Waals surface area contributed by atoms with E-state index in [1.807, 2.05) is 35.3 Å². The van der Waals surface area contributed by atoms with E-state index >= 15 is 0 Å². The van der Waals surface area contributed by atoms with Crippen LogP contribution in [-0.2, 0) is 14.4 Å². The number of hydrogen-bond acceptors (Lipinski definition) is 5. The number of carbonyl (C=O) groups excluding carboxylic acids is 3. The summed E-state index contributed by atoms with van der Waals surface area (Å²) >= 11 is 0. The van der Waals surface area contributed by atoms with E-state index in [1.54, 1.807) is 7.11 Å². The zero-order valence-electron chi connectivity index (χ0n) is 14.7. The van der Waals surface area contributed by atoms with E-state index in [9.17, 15) is 14.4 Å². The van der Waals surface area contributed by atoms with Gasteiger partial charge < -0.3 is 9.64 Å². The van der Waals surface area contributed by atoms with Gasteiger partial charge in [-0.2, -0.15) is 0 Å². The molecule has 26 heavy (non-hydrogen) atoms. The highest BCUT2D eigenvalue weighted by Gasteiger charge is 2.63. The van der Waals surface area contributed by atoms with Gasteiger partial charge in [-0.15, -0.1) is 6.58 Å². The zero-order valence-corrected chi connectivity index (χ0v) is 14.7. The van der Waals surface area contributed by atoms with E-state index in [-0.39, 0.29) is 30.2 Å². The number of methoxy groups -OCH3 is 1. The first-order valence-corrected chi connectivity index (χ1v) is 8.60. The molecule has 0 bridgehead atoms. The highest BCUT2D eigenvalue weighted by Crippen LogP contribution is 2.48. The van der Waals surface area contributed by atoms with Crippen LogP contribution in [0.25, 0.3) is 6.08 Å². The average Bonchev–Trinajstić information content (AvgIpc) is 3.10. The molecular weight excluding hydrogens is 332 g/mol. The Morgan fingerprint density at radius 1 is 1.27 bits per heavy atom. The van der Waals surface area contributed by atoms with Crippen molar-refractivity contribution in [2.45, 2.75) is 19.0 Å². The number of nitrogens with zero attached hydrogens (tertiary/aromatic N) is 2. The van der Waals surface area contributed by atoms with Crippen LogP contribution in [-0.4, -0.2) is 48.2 Å². The molecule has 3 aliphatic rings. The largest absolute Gasteiger partial charge is 0.497 e. The van der Waals surface area contributed by atoms with E-state index in [4.69, 9.17) is 4.74 Å². The summed E-state index contributed by atoms with van der Waals surface area (Å²) in [5.74, 6) is -1.08. The molecule has 0 aromatic heterocycles. The fourth-order valence-corrected chi connectivity index (χ4v) is 4.51. The van der Waals surface area contributed by atoms with Crippen LogP contribution in [0.2, 0.25) is 0 Å². The number of fused-ring (bicyclic) bond motifs is 5. The van der Waals surface area contributed by atoms with Gasteiger partial charge in [-0.3, -0.25) is 19.3 Å². The normalized spacial score (nSPS) is 28.7. The predicted molar refractivity (Wildman–Crippen MR) is 96.7 cm³/mol. The summed E-state index contributed by atoms with van der Waals surface area (Å²) in [7, 11) is 1.60. The Bertz CT molecular complexity index is 859. The molecule has 0 saturated carbocycles. The number of rotatable bonds is 4. The van der Waals surface area contributed by atoms with Gasteiger partial charge in [-0.05, 0) is 25.1 Å². The monoisotopic (exact) mass is 352 g/mol. The lowest BCUT2D eigenvalue weighted by atomic mass is 9.88. The molecule has 3 heterocycles. The van der Waals surface area contributed by atoms with Gasteiger partial charge in [0.05, 0.1) is 25.0 Å². The Hall–Kier alpha value is -2.89. The molecule has 2 fully saturated rings. The summed E-state index contributed by atoms with van der Waals surface area (Å²) < 4.78 is 5.27. The van der Waals surface area contributed by atoms with Crippen molar-refractivity contribution in [2.24, 2.45) is 11.8 Å². The smallest absolute Gasteiger partial charge is 0.236 e. The molecule has 1 aromatic rings. The molecule has 134 valence electrons. The number of anilines is 1. The Morgan fingerprint density at radius 2 is 2.00 bits per heavy atom. The number of ketones is 1. The maximum absolute atomic E-state index is 12.9. The van der Waals surface area contributed by atoms with Crippen LogP contribution in [0.5, 0.6) is 5.75 Å². The number of ether oxygens (including phenoxy) is 1. The second-order valence-electron chi connectivity index (χ2n) is 6.86. The van der Waals surface area contributed by atoms with Crippen LogP contribution in [0.15, 0.2) is 36.9 Å². The molecule has 2 amide bonds. The van der Waals surface area contributed by atoms with Gasteiger partial charge >= 0.3 is 0 Å². The minimum atomic E-state index is -0.650. The molecule has 6 heteroatoms. The molecule has 4 atom stereocenters. The first kappa shape index (κ1) is 16.6. The number of imide groups is 1. The van der Waals surface area contributed by atoms with Crippen LogP contribution in [0.3, 0.4) is 0 Å². The molecular formula is C20H20N2O4. The number of likely N-dealkylation sites (tertiary alicyclic amines) is 1. The number of Topliss-reactive ketones (excluding diaryl/α,β-unsaturated/α-hetero) is 1.